The van der Waals surface area contributed by atoms with Crippen LogP contribution in [-0.2, 0) is 0 Å². The predicted octanol–water partition coefficient (Wildman–Crippen LogP) is 3.33. The Kier molecular flexibility index (Phi) is 5.46. The molecule has 3 unspecified atom stereocenters. The van der Waals surface area contributed by atoms with E-state index in [0.29, 0.717) is 12.0 Å². The highest BCUT2D eigenvalue weighted by molar-refractivity contribution is 4.93. The average molecular weight is 278 g/mol. The molecule has 3 atom stereocenters. The minimum absolute atomic E-state index is 0.0730. The molecule has 0 aromatic heterocycles. The number of nitrogens with zero attached hydrogens (tertiary/aromatic N) is 2. The van der Waals surface area contributed by atoms with E-state index in [-0.39, 0.29) is 11.5 Å². The Bertz CT molecular complexity index is 347. The van der Waals surface area contributed by atoms with Crippen molar-refractivity contribution in [2.75, 3.05) is 13.1 Å². The summed E-state index contributed by atoms with van der Waals surface area (Å²) in [6, 6.07) is 2.98. The summed E-state index contributed by atoms with van der Waals surface area (Å²) in [7, 11) is 0. The van der Waals surface area contributed by atoms with Crippen LogP contribution in [0, 0.1) is 22.7 Å². The third kappa shape index (κ3) is 3.96. The van der Waals surface area contributed by atoms with Gasteiger partial charge < -0.3 is 10.0 Å². The molecular weight excluding hydrogens is 248 g/mol. The van der Waals surface area contributed by atoms with Gasteiger partial charge in [0.15, 0.2) is 0 Å². The number of aliphatic hydroxyl groups excluding tert-OH is 1. The first-order valence-corrected chi connectivity index (χ1v) is 8.37. The lowest BCUT2D eigenvalue weighted by Crippen LogP contribution is -2.46. The second kappa shape index (κ2) is 6.91. The van der Waals surface area contributed by atoms with E-state index in [1.807, 2.05) is 13.8 Å². The number of hydrogen-bond donors (Lipinski definition) is 1. The van der Waals surface area contributed by atoms with Crippen LogP contribution in [0.5, 0.6) is 0 Å². The lowest BCUT2D eigenvalue weighted by atomic mass is 9.86. The fourth-order valence-corrected chi connectivity index (χ4v) is 3.98. The summed E-state index contributed by atoms with van der Waals surface area (Å²) < 4.78 is 0. The lowest BCUT2D eigenvalue weighted by Gasteiger charge is -2.40. The summed E-state index contributed by atoms with van der Waals surface area (Å²) in [5.41, 5.74) is -0.196. The molecule has 0 aromatic carbocycles. The maximum Gasteiger partial charge on any atom is 0.0683 e. The number of piperidine rings is 1. The maximum absolute atomic E-state index is 10.2. The molecular formula is C17H30N2O. The molecule has 1 saturated heterocycles. The lowest BCUT2D eigenvalue weighted by molar-refractivity contribution is 0.0339. The Morgan fingerprint density at radius 1 is 1.20 bits per heavy atom. The number of rotatable bonds is 5. The van der Waals surface area contributed by atoms with Crippen LogP contribution in [0.2, 0.25) is 0 Å². The molecule has 1 saturated carbocycles. The van der Waals surface area contributed by atoms with Gasteiger partial charge >= 0.3 is 0 Å². The van der Waals surface area contributed by atoms with Crippen molar-refractivity contribution in [3.8, 4) is 6.07 Å². The number of nitriles is 1. The monoisotopic (exact) mass is 278 g/mol. The molecule has 0 radical (unpaired) electrons. The molecule has 2 rings (SSSR count). The van der Waals surface area contributed by atoms with Crippen LogP contribution in [0.4, 0.5) is 0 Å². The van der Waals surface area contributed by atoms with Crippen molar-refractivity contribution >= 4 is 0 Å². The Balaban J connectivity index is 1.86. The van der Waals surface area contributed by atoms with Crippen LogP contribution in [0.15, 0.2) is 0 Å². The summed E-state index contributed by atoms with van der Waals surface area (Å²) >= 11 is 0. The minimum Gasteiger partial charge on any atom is -0.393 e. The van der Waals surface area contributed by atoms with Crippen molar-refractivity contribution in [2.24, 2.45) is 11.3 Å². The van der Waals surface area contributed by atoms with E-state index in [2.05, 4.69) is 11.0 Å². The first kappa shape index (κ1) is 15.8. The number of likely N-dealkylation sites (tertiary alicyclic amines) is 1. The smallest absolute Gasteiger partial charge is 0.0683 e. The molecule has 1 aliphatic heterocycles. The standard InChI is InChI=1S/C17H30N2O/c1-17(2,13-18)10-6-12-19-11-4-3-8-15(19)14-7-5-9-16(14)20/h14-16,20H,3-12H2,1-2H3. The first-order valence-electron chi connectivity index (χ1n) is 8.37. The average Bonchev–Trinajstić information content (AvgIpc) is 2.85. The normalized spacial score (nSPS) is 32.2. The van der Waals surface area contributed by atoms with Crippen LogP contribution in [0.1, 0.15) is 65.2 Å². The molecule has 0 spiro atoms. The summed E-state index contributed by atoms with van der Waals surface area (Å²) in [5, 5.41) is 19.3. The molecule has 1 heterocycles. The quantitative estimate of drug-likeness (QED) is 0.839. The fourth-order valence-electron chi connectivity index (χ4n) is 3.98. The van der Waals surface area contributed by atoms with Gasteiger partial charge in [0.25, 0.3) is 0 Å². The van der Waals surface area contributed by atoms with Gasteiger partial charge in [-0.25, -0.2) is 0 Å². The van der Waals surface area contributed by atoms with Gasteiger partial charge in [-0.2, -0.15) is 5.26 Å². The van der Waals surface area contributed by atoms with Crippen LogP contribution in [0.25, 0.3) is 0 Å². The van der Waals surface area contributed by atoms with E-state index < -0.39 is 0 Å². The highest BCUT2D eigenvalue weighted by Crippen LogP contribution is 2.35. The van der Waals surface area contributed by atoms with Crippen molar-refractivity contribution in [1.82, 2.24) is 4.90 Å². The van der Waals surface area contributed by atoms with E-state index >= 15 is 0 Å². The van der Waals surface area contributed by atoms with Crippen LogP contribution >= 0.6 is 0 Å². The summed E-state index contributed by atoms with van der Waals surface area (Å²) in [5.74, 6) is 0.499. The van der Waals surface area contributed by atoms with Crippen molar-refractivity contribution in [2.45, 2.75) is 77.4 Å². The highest BCUT2D eigenvalue weighted by Gasteiger charge is 2.36. The van der Waals surface area contributed by atoms with Gasteiger partial charge in [-0.1, -0.05) is 12.8 Å². The minimum atomic E-state index is -0.196. The Labute approximate surface area is 124 Å². The molecule has 2 aliphatic rings. The van der Waals surface area contributed by atoms with Gasteiger partial charge in [0.05, 0.1) is 17.6 Å². The summed E-state index contributed by atoms with van der Waals surface area (Å²) in [6.45, 7) is 6.34. The third-order valence-corrected chi connectivity index (χ3v) is 5.24. The first-order chi connectivity index (χ1) is 9.53. The van der Waals surface area contributed by atoms with Gasteiger partial charge in [0.1, 0.15) is 0 Å². The topological polar surface area (TPSA) is 47.3 Å². The van der Waals surface area contributed by atoms with E-state index in [1.54, 1.807) is 0 Å². The van der Waals surface area contributed by atoms with Crippen LogP contribution in [0.3, 0.4) is 0 Å². The van der Waals surface area contributed by atoms with Gasteiger partial charge in [0.2, 0.25) is 0 Å². The Morgan fingerprint density at radius 2 is 2.00 bits per heavy atom. The zero-order valence-electron chi connectivity index (χ0n) is 13.1. The molecule has 1 aliphatic carbocycles. The van der Waals surface area contributed by atoms with Gasteiger partial charge in [-0.05, 0) is 65.5 Å². The molecule has 1 N–H and O–H groups in total. The van der Waals surface area contributed by atoms with Crippen molar-refractivity contribution in [1.29, 1.82) is 5.26 Å². The predicted molar refractivity (Wildman–Crippen MR) is 81.2 cm³/mol. The summed E-state index contributed by atoms with van der Waals surface area (Å²) in [4.78, 5) is 2.61. The molecule has 0 amide bonds. The van der Waals surface area contributed by atoms with Gasteiger partial charge in [-0.3, -0.25) is 0 Å². The second-order valence-corrected chi connectivity index (χ2v) is 7.36. The molecule has 2 fully saturated rings. The third-order valence-electron chi connectivity index (χ3n) is 5.24. The molecule has 0 bridgehead atoms. The molecule has 3 nitrogen and oxygen atoms in total. The molecule has 0 aromatic rings. The molecule has 20 heavy (non-hydrogen) atoms. The Morgan fingerprint density at radius 3 is 2.65 bits per heavy atom. The van der Waals surface area contributed by atoms with E-state index in [9.17, 15) is 5.11 Å². The molecule has 114 valence electrons. The van der Waals surface area contributed by atoms with Crippen LogP contribution < -0.4 is 0 Å². The molecule has 3 heteroatoms. The van der Waals surface area contributed by atoms with Gasteiger partial charge in [0, 0.05) is 12.0 Å². The zero-order valence-corrected chi connectivity index (χ0v) is 13.1. The van der Waals surface area contributed by atoms with Crippen molar-refractivity contribution in [3.05, 3.63) is 0 Å². The summed E-state index contributed by atoms with van der Waals surface area (Å²) in [6.07, 6.45) is 9.24. The number of hydrogen-bond acceptors (Lipinski definition) is 3. The van der Waals surface area contributed by atoms with E-state index in [0.717, 1.165) is 25.8 Å². The SMILES string of the molecule is CC(C)(C#N)CCCN1CCCCC1C1CCCC1O. The van der Waals surface area contributed by atoms with E-state index in [1.165, 1.54) is 38.6 Å². The highest BCUT2D eigenvalue weighted by atomic mass is 16.3. The van der Waals surface area contributed by atoms with Gasteiger partial charge in [-0.15, -0.1) is 0 Å². The largest absolute Gasteiger partial charge is 0.393 e. The van der Waals surface area contributed by atoms with Crippen molar-refractivity contribution < 1.29 is 5.11 Å². The zero-order chi connectivity index (χ0) is 14.6. The maximum atomic E-state index is 10.2. The van der Waals surface area contributed by atoms with Crippen LogP contribution in [-0.4, -0.2) is 35.2 Å². The Hall–Kier alpha value is -0.590. The second-order valence-electron chi connectivity index (χ2n) is 7.36. The number of aliphatic hydroxyl groups is 1. The fraction of sp³-hybridized carbons (Fsp3) is 0.941. The van der Waals surface area contributed by atoms with Crippen molar-refractivity contribution in [3.63, 3.8) is 0 Å². The van der Waals surface area contributed by atoms with E-state index in [4.69, 9.17) is 5.26 Å².